The van der Waals surface area contributed by atoms with Gasteiger partial charge in [-0.05, 0) is 67.4 Å². The lowest BCUT2D eigenvalue weighted by Gasteiger charge is -2.12. The summed E-state index contributed by atoms with van der Waals surface area (Å²) in [5.74, 6) is 0.295. The van der Waals surface area contributed by atoms with E-state index in [-0.39, 0.29) is 16.4 Å². The Bertz CT molecular complexity index is 1260. The van der Waals surface area contributed by atoms with Crippen LogP contribution in [-0.4, -0.2) is 34.3 Å². The fraction of sp³-hybridized carbons (Fsp3) is 0.167. The van der Waals surface area contributed by atoms with E-state index in [0.29, 0.717) is 23.5 Å². The van der Waals surface area contributed by atoms with E-state index < -0.39 is 16.0 Å². The van der Waals surface area contributed by atoms with Gasteiger partial charge in [0.05, 0.1) is 25.5 Å². The monoisotopic (exact) mass is 468 g/mol. The van der Waals surface area contributed by atoms with Crippen molar-refractivity contribution in [2.45, 2.75) is 18.7 Å². The number of nitrogens with one attached hydrogen (secondary N) is 1. The van der Waals surface area contributed by atoms with Gasteiger partial charge in [0.2, 0.25) is 0 Å². The zero-order chi connectivity index (χ0) is 23.8. The van der Waals surface area contributed by atoms with Crippen molar-refractivity contribution in [2.24, 2.45) is 5.10 Å². The molecular formula is C24H24N2O6S. The van der Waals surface area contributed by atoms with Crippen LogP contribution in [0.4, 0.5) is 0 Å². The number of methoxy groups -OCH3 is 1. The Labute approximate surface area is 192 Å². The van der Waals surface area contributed by atoms with E-state index in [1.54, 1.807) is 55.5 Å². The topological polar surface area (TPSA) is 103 Å². The average molecular weight is 469 g/mol. The highest BCUT2D eigenvalue weighted by molar-refractivity contribution is 7.87. The van der Waals surface area contributed by atoms with Crippen LogP contribution in [0.5, 0.6) is 17.2 Å². The van der Waals surface area contributed by atoms with Gasteiger partial charge >= 0.3 is 10.1 Å². The van der Waals surface area contributed by atoms with Crippen molar-refractivity contribution in [3.63, 3.8) is 0 Å². The molecule has 0 atom stereocenters. The molecule has 0 heterocycles. The molecule has 0 saturated heterocycles. The van der Waals surface area contributed by atoms with Crippen LogP contribution in [0.2, 0.25) is 0 Å². The summed E-state index contributed by atoms with van der Waals surface area (Å²) in [6.45, 7) is 3.97. The Morgan fingerprint density at radius 3 is 2.45 bits per heavy atom. The van der Waals surface area contributed by atoms with E-state index in [2.05, 4.69) is 10.5 Å². The molecule has 0 spiro atoms. The SMILES string of the molecule is CCOc1cc(C=NNC(=O)c2ccc(C)cc2OC)ccc1OS(=O)(=O)c1ccccc1. The minimum absolute atomic E-state index is 0.0346. The van der Waals surface area contributed by atoms with E-state index >= 15 is 0 Å². The predicted molar refractivity (Wildman–Crippen MR) is 125 cm³/mol. The summed E-state index contributed by atoms with van der Waals surface area (Å²) >= 11 is 0. The van der Waals surface area contributed by atoms with Gasteiger partial charge in [0.25, 0.3) is 5.91 Å². The van der Waals surface area contributed by atoms with Crippen LogP contribution in [-0.2, 0) is 10.1 Å². The maximum absolute atomic E-state index is 12.5. The minimum Gasteiger partial charge on any atom is -0.496 e. The van der Waals surface area contributed by atoms with Crippen molar-refractivity contribution in [2.75, 3.05) is 13.7 Å². The Morgan fingerprint density at radius 1 is 1.00 bits per heavy atom. The van der Waals surface area contributed by atoms with Crippen molar-refractivity contribution in [3.8, 4) is 17.2 Å². The van der Waals surface area contributed by atoms with Crippen molar-refractivity contribution in [3.05, 3.63) is 83.4 Å². The highest BCUT2D eigenvalue weighted by Gasteiger charge is 2.19. The van der Waals surface area contributed by atoms with Gasteiger partial charge in [-0.15, -0.1) is 0 Å². The van der Waals surface area contributed by atoms with E-state index in [1.807, 2.05) is 6.92 Å². The lowest BCUT2D eigenvalue weighted by molar-refractivity contribution is 0.0952. The molecule has 9 heteroatoms. The number of nitrogens with zero attached hydrogens (tertiary/aromatic N) is 1. The van der Waals surface area contributed by atoms with Crippen LogP contribution in [0.15, 0.2) is 76.7 Å². The second-order valence-corrected chi connectivity index (χ2v) is 8.44. The third-order valence-electron chi connectivity index (χ3n) is 4.48. The van der Waals surface area contributed by atoms with Gasteiger partial charge in [-0.1, -0.05) is 24.3 Å². The molecule has 8 nitrogen and oxygen atoms in total. The molecule has 1 N–H and O–H groups in total. The molecule has 33 heavy (non-hydrogen) atoms. The zero-order valence-electron chi connectivity index (χ0n) is 18.4. The number of hydrazone groups is 1. The number of hydrogen-bond acceptors (Lipinski definition) is 7. The van der Waals surface area contributed by atoms with Crippen LogP contribution in [0.25, 0.3) is 0 Å². The number of rotatable bonds is 9. The number of hydrogen-bond donors (Lipinski definition) is 1. The highest BCUT2D eigenvalue weighted by Crippen LogP contribution is 2.31. The van der Waals surface area contributed by atoms with Gasteiger partial charge in [-0.25, -0.2) is 5.43 Å². The lowest BCUT2D eigenvalue weighted by Crippen LogP contribution is -2.18. The molecule has 3 aromatic carbocycles. The molecule has 0 aliphatic carbocycles. The minimum atomic E-state index is -4.02. The molecule has 0 aliphatic rings. The quantitative estimate of drug-likeness (QED) is 0.290. The smallest absolute Gasteiger partial charge is 0.339 e. The summed E-state index contributed by atoms with van der Waals surface area (Å²) in [5, 5.41) is 3.97. The maximum atomic E-state index is 12.5. The van der Waals surface area contributed by atoms with E-state index in [4.69, 9.17) is 13.7 Å². The number of aryl methyl sites for hydroxylation is 1. The molecule has 0 aliphatic heterocycles. The lowest BCUT2D eigenvalue weighted by atomic mass is 10.1. The molecule has 3 aromatic rings. The zero-order valence-corrected chi connectivity index (χ0v) is 19.3. The van der Waals surface area contributed by atoms with E-state index in [9.17, 15) is 13.2 Å². The summed E-state index contributed by atoms with van der Waals surface area (Å²) in [6, 6.07) is 17.7. The normalized spacial score (nSPS) is 11.2. The predicted octanol–water partition coefficient (Wildman–Crippen LogP) is 3.93. The average Bonchev–Trinajstić information content (AvgIpc) is 2.81. The van der Waals surface area contributed by atoms with Crippen LogP contribution in [0.3, 0.4) is 0 Å². The second kappa shape index (κ2) is 10.6. The van der Waals surface area contributed by atoms with Gasteiger partial charge in [0.15, 0.2) is 11.5 Å². The fourth-order valence-corrected chi connectivity index (χ4v) is 3.87. The van der Waals surface area contributed by atoms with Crippen molar-refractivity contribution >= 4 is 22.2 Å². The molecule has 0 saturated carbocycles. The van der Waals surface area contributed by atoms with Crippen molar-refractivity contribution < 1.29 is 26.9 Å². The van der Waals surface area contributed by atoms with Crippen LogP contribution in [0.1, 0.15) is 28.4 Å². The number of ether oxygens (including phenoxy) is 2. The van der Waals surface area contributed by atoms with Gasteiger partial charge in [-0.3, -0.25) is 4.79 Å². The standard InChI is InChI=1S/C24H24N2O6S/c1-4-31-23-15-18(11-13-21(23)32-33(28,29)19-8-6-5-7-9-19)16-25-26-24(27)20-12-10-17(2)14-22(20)30-3/h5-16H,4H2,1-3H3,(H,26,27). The molecule has 0 aromatic heterocycles. The number of carbonyl (C=O) groups is 1. The Kier molecular flexibility index (Phi) is 7.68. The first-order valence-corrected chi connectivity index (χ1v) is 11.5. The first kappa shape index (κ1) is 23.8. The summed E-state index contributed by atoms with van der Waals surface area (Å²) in [7, 11) is -2.53. The third kappa shape index (κ3) is 6.11. The third-order valence-corrected chi connectivity index (χ3v) is 5.73. The van der Waals surface area contributed by atoms with E-state index in [0.717, 1.165) is 5.56 Å². The van der Waals surface area contributed by atoms with Crippen LogP contribution in [0, 0.1) is 6.92 Å². The number of carbonyl (C=O) groups excluding carboxylic acids is 1. The molecular weight excluding hydrogens is 444 g/mol. The Balaban J connectivity index is 1.76. The van der Waals surface area contributed by atoms with Crippen molar-refractivity contribution in [1.29, 1.82) is 0 Å². The molecule has 0 radical (unpaired) electrons. The fourth-order valence-electron chi connectivity index (χ4n) is 2.91. The molecule has 172 valence electrons. The van der Waals surface area contributed by atoms with E-state index in [1.165, 1.54) is 31.5 Å². The Hall–Kier alpha value is -3.85. The molecule has 1 amide bonds. The first-order valence-electron chi connectivity index (χ1n) is 10.1. The van der Waals surface area contributed by atoms with Gasteiger partial charge in [0, 0.05) is 0 Å². The summed E-state index contributed by atoms with van der Waals surface area (Å²) in [4.78, 5) is 12.5. The van der Waals surface area contributed by atoms with Crippen LogP contribution < -0.4 is 19.1 Å². The van der Waals surface area contributed by atoms with Gasteiger partial charge in [-0.2, -0.15) is 13.5 Å². The summed E-state index contributed by atoms with van der Waals surface area (Å²) in [5.41, 5.74) is 4.34. The maximum Gasteiger partial charge on any atom is 0.339 e. The molecule has 3 rings (SSSR count). The summed E-state index contributed by atoms with van der Waals surface area (Å²) < 4.78 is 41.1. The largest absolute Gasteiger partial charge is 0.496 e. The molecule has 0 bridgehead atoms. The molecule has 0 fully saturated rings. The second-order valence-electron chi connectivity index (χ2n) is 6.89. The van der Waals surface area contributed by atoms with Crippen molar-refractivity contribution in [1.82, 2.24) is 5.43 Å². The van der Waals surface area contributed by atoms with Crippen LogP contribution >= 0.6 is 0 Å². The summed E-state index contributed by atoms with van der Waals surface area (Å²) in [6.07, 6.45) is 1.41. The number of amides is 1. The van der Waals surface area contributed by atoms with Gasteiger partial charge < -0.3 is 13.7 Å². The first-order chi connectivity index (χ1) is 15.8. The van der Waals surface area contributed by atoms with Gasteiger partial charge in [0.1, 0.15) is 10.6 Å². The Morgan fingerprint density at radius 2 is 1.76 bits per heavy atom. The number of benzene rings is 3. The molecule has 0 unspecified atom stereocenters. The highest BCUT2D eigenvalue weighted by atomic mass is 32.2.